The molecular formula is C26H27N5O2. The molecule has 7 rings (SSSR count). The average molecular weight is 442 g/mol. The van der Waals surface area contributed by atoms with E-state index in [2.05, 4.69) is 21.4 Å². The number of rotatable bonds is 3. The molecule has 4 bridgehead atoms. The Kier molecular flexibility index (Phi) is 4.72. The number of nitrogens with zero attached hydrogens (tertiary/aromatic N) is 4. The molecule has 5 aliphatic rings. The van der Waals surface area contributed by atoms with Crippen molar-refractivity contribution in [1.29, 1.82) is 5.26 Å². The van der Waals surface area contributed by atoms with Crippen LogP contribution in [-0.2, 0) is 17.8 Å². The number of aromatic nitrogens is 2. The number of benzene rings is 1. The predicted octanol–water partition coefficient (Wildman–Crippen LogP) is 3.70. The molecule has 0 unspecified atom stereocenters. The number of nitrogens with one attached hydrogen (secondary N) is 1. The summed E-state index contributed by atoms with van der Waals surface area (Å²) >= 11 is 0. The third kappa shape index (κ3) is 3.49. The lowest BCUT2D eigenvalue weighted by Crippen LogP contribution is -2.52. The first-order valence-electron chi connectivity index (χ1n) is 12.0. The van der Waals surface area contributed by atoms with Gasteiger partial charge in [-0.1, -0.05) is 6.07 Å². The Labute approximate surface area is 193 Å². The maximum atomic E-state index is 13.5. The summed E-state index contributed by atoms with van der Waals surface area (Å²) in [6.45, 7) is 0.893. The van der Waals surface area contributed by atoms with E-state index >= 15 is 0 Å². The zero-order valence-corrected chi connectivity index (χ0v) is 18.6. The minimum absolute atomic E-state index is 0.115. The highest BCUT2D eigenvalue weighted by molar-refractivity contribution is 5.96. The highest BCUT2D eigenvalue weighted by Crippen LogP contribution is 2.60. The fraction of sp³-hybridized carbons (Fsp3) is 0.500. The molecule has 7 nitrogen and oxygen atoms in total. The van der Waals surface area contributed by atoms with Crippen LogP contribution in [0.3, 0.4) is 0 Å². The zero-order chi connectivity index (χ0) is 22.6. The van der Waals surface area contributed by atoms with Crippen LogP contribution >= 0.6 is 0 Å². The molecule has 1 aliphatic heterocycles. The summed E-state index contributed by atoms with van der Waals surface area (Å²) in [5, 5.41) is 12.3. The smallest absolute Gasteiger partial charge is 0.254 e. The molecule has 4 saturated carbocycles. The largest absolute Gasteiger partial charge is 0.332 e. The predicted molar refractivity (Wildman–Crippen MR) is 121 cm³/mol. The van der Waals surface area contributed by atoms with Gasteiger partial charge >= 0.3 is 0 Å². The second-order valence-electron chi connectivity index (χ2n) is 10.5. The van der Waals surface area contributed by atoms with Crippen LogP contribution in [0.25, 0.3) is 0 Å². The lowest BCUT2D eigenvalue weighted by atomic mass is 9.49. The summed E-state index contributed by atoms with van der Waals surface area (Å²) in [4.78, 5) is 37.1. The second-order valence-corrected chi connectivity index (χ2v) is 10.5. The zero-order valence-electron chi connectivity index (χ0n) is 18.6. The summed E-state index contributed by atoms with van der Waals surface area (Å²) < 4.78 is 0. The van der Waals surface area contributed by atoms with Crippen molar-refractivity contribution in [3.8, 4) is 6.07 Å². The summed E-state index contributed by atoms with van der Waals surface area (Å²) in [6.07, 6.45) is 9.03. The SMILES string of the molecule is N#Cc1cccc(C(=O)N2CCc3c(ncnc3NC(=O)C34CC5CC(CC(C5)C3)C4)C2)c1. The van der Waals surface area contributed by atoms with Crippen molar-refractivity contribution in [3.63, 3.8) is 0 Å². The topological polar surface area (TPSA) is 99.0 Å². The van der Waals surface area contributed by atoms with E-state index in [4.69, 9.17) is 5.26 Å². The molecule has 1 aromatic carbocycles. The van der Waals surface area contributed by atoms with Crippen molar-refractivity contribution in [2.75, 3.05) is 11.9 Å². The summed E-state index contributed by atoms with van der Waals surface area (Å²) in [7, 11) is 0. The second kappa shape index (κ2) is 7.65. The van der Waals surface area contributed by atoms with Crippen molar-refractivity contribution in [3.05, 3.63) is 53.0 Å². The van der Waals surface area contributed by atoms with Crippen molar-refractivity contribution in [1.82, 2.24) is 14.9 Å². The van der Waals surface area contributed by atoms with E-state index in [0.29, 0.717) is 54.2 Å². The molecule has 1 aromatic heterocycles. The molecule has 168 valence electrons. The number of anilines is 1. The van der Waals surface area contributed by atoms with Crippen LogP contribution in [0.2, 0.25) is 0 Å². The molecule has 2 aromatic rings. The van der Waals surface area contributed by atoms with E-state index in [0.717, 1.165) is 30.5 Å². The van der Waals surface area contributed by atoms with Gasteiger partial charge in [-0.2, -0.15) is 5.26 Å². The van der Waals surface area contributed by atoms with E-state index in [1.165, 1.54) is 25.6 Å². The van der Waals surface area contributed by atoms with Crippen LogP contribution in [0.1, 0.15) is 65.7 Å². The van der Waals surface area contributed by atoms with Crippen LogP contribution in [0, 0.1) is 34.5 Å². The summed E-state index contributed by atoms with van der Waals surface area (Å²) in [6, 6.07) is 8.85. The van der Waals surface area contributed by atoms with Gasteiger partial charge < -0.3 is 10.2 Å². The minimum atomic E-state index is -0.227. The Morgan fingerprint density at radius 3 is 2.52 bits per heavy atom. The molecule has 4 fully saturated rings. The van der Waals surface area contributed by atoms with Crippen molar-refractivity contribution in [2.45, 2.75) is 51.5 Å². The van der Waals surface area contributed by atoms with Gasteiger partial charge in [0.2, 0.25) is 5.91 Å². The summed E-state index contributed by atoms with van der Waals surface area (Å²) in [5.41, 5.74) is 2.46. The fourth-order valence-electron chi connectivity index (χ4n) is 7.17. The molecular weight excluding hydrogens is 414 g/mol. The van der Waals surface area contributed by atoms with Gasteiger partial charge in [-0.15, -0.1) is 0 Å². The average Bonchev–Trinajstić information content (AvgIpc) is 2.82. The third-order valence-electron chi connectivity index (χ3n) is 8.28. The highest BCUT2D eigenvalue weighted by atomic mass is 16.2. The molecule has 2 heterocycles. The molecule has 33 heavy (non-hydrogen) atoms. The van der Waals surface area contributed by atoms with E-state index in [1.807, 2.05) is 0 Å². The lowest BCUT2D eigenvalue weighted by Gasteiger charge is -2.55. The van der Waals surface area contributed by atoms with Gasteiger partial charge in [0.1, 0.15) is 12.1 Å². The fourth-order valence-corrected chi connectivity index (χ4v) is 7.17. The Hall–Kier alpha value is -3.27. The lowest BCUT2D eigenvalue weighted by molar-refractivity contribution is -0.140. The van der Waals surface area contributed by atoms with Gasteiger partial charge in [0, 0.05) is 17.7 Å². The number of hydrogen-bond donors (Lipinski definition) is 1. The number of nitriles is 1. The monoisotopic (exact) mass is 441 g/mol. The molecule has 0 saturated heterocycles. The van der Waals surface area contributed by atoms with Crippen LogP contribution in [0.5, 0.6) is 0 Å². The number of amides is 2. The molecule has 0 spiro atoms. The number of hydrogen-bond acceptors (Lipinski definition) is 5. The van der Waals surface area contributed by atoms with Gasteiger partial charge in [-0.3, -0.25) is 9.59 Å². The Bertz CT molecular complexity index is 1150. The maximum absolute atomic E-state index is 13.5. The third-order valence-corrected chi connectivity index (χ3v) is 8.28. The molecule has 2 amide bonds. The van der Waals surface area contributed by atoms with Crippen LogP contribution in [-0.4, -0.2) is 33.2 Å². The van der Waals surface area contributed by atoms with Gasteiger partial charge in [-0.25, -0.2) is 9.97 Å². The molecule has 1 N–H and O–H groups in total. The van der Waals surface area contributed by atoms with Crippen LogP contribution in [0.4, 0.5) is 5.82 Å². The van der Waals surface area contributed by atoms with Crippen molar-refractivity contribution < 1.29 is 9.59 Å². The van der Waals surface area contributed by atoms with E-state index in [9.17, 15) is 9.59 Å². The molecule has 0 radical (unpaired) electrons. The first-order valence-corrected chi connectivity index (χ1v) is 12.0. The van der Waals surface area contributed by atoms with Gasteiger partial charge in [0.05, 0.1) is 29.3 Å². The highest BCUT2D eigenvalue weighted by Gasteiger charge is 2.54. The normalized spacial score (nSPS) is 29.3. The van der Waals surface area contributed by atoms with Crippen molar-refractivity contribution in [2.24, 2.45) is 23.2 Å². The first-order chi connectivity index (χ1) is 16.0. The van der Waals surface area contributed by atoms with Crippen LogP contribution < -0.4 is 5.32 Å². The molecule has 4 aliphatic carbocycles. The molecule has 0 atom stereocenters. The van der Waals surface area contributed by atoms with E-state index < -0.39 is 0 Å². The Balaban J connectivity index is 1.20. The van der Waals surface area contributed by atoms with Gasteiger partial charge in [-0.05, 0) is 80.9 Å². The van der Waals surface area contributed by atoms with Crippen LogP contribution in [0.15, 0.2) is 30.6 Å². The molecule has 7 heteroatoms. The maximum Gasteiger partial charge on any atom is 0.254 e. The Morgan fingerprint density at radius 2 is 1.82 bits per heavy atom. The minimum Gasteiger partial charge on any atom is -0.332 e. The van der Waals surface area contributed by atoms with E-state index in [-0.39, 0.29) is 17.2 Å². The standard InChI is InChI=1S/C26H27N5O2/c27-13-16-2-1-3-20(9-16)24(32)31-5-4-21-22(14-31)28-15-29-23(21)30-25(33)26-10-17-6-18(11-26)8-19(7-17)12-26/h1-3,9,15,17-19H,4-8,10-12,14H2,(H,28,29,30,33). The number of carbonyl (C=O) groups excluding carboxylic acids is 2. The van der Waals surface area contributed by atoms with Gasteiger partial charge in [0.25, 0.3) is 5.91 Å². The number of fused-ring (bicyclic) bond motifs is 1. The first kappa shape index (κ1) is 20.3. The Morgan fingerprint density at radius 1 is 1.09 bits per heavy atom. The number of carbonyl (C=O) groups is 2. The van der Waals surface area contributed by atoms with E-state index in [1.54, 1.807) is 29.2 Å². The van der Waals surface area contributed by atoms with Gasteiger partial charge in [0.15, 0.2) is 0 Å². The quantitative estimate of drug-likeness (QED) is 0.783. The van der Waals surface area contributed by atoms with Crippen molar-refractivity contribution >= 4 is 17.6 Å². The summed E-state index contributed by atoms with van der Waals surface area (Å²) in [5.74, 6) is 2.76.